The maximum absolute atomic E-state index is 12.5. The fraction of sp³-hybridized carbons (Fsp3) is 0.286. The fourth-order valence-electron chi connectivity index (χ4n) is 3.18. The molecule has 3 aromatic rings. The summed E-state index contributed by atoms with van der Waals surface area (Å²) in [5, 5.41) is 10.6. The highest BCUT2D eigenvalue weighted by Crippen LogP contribution is 2.24. The van der Waals surface area contributed by atoms with Crippen molar-refractivity contribution in [2.45, 2.75) is 18.9 Å². The normalized spacial score (nSPS) is 15.7. The van der Waals surface area contributed by atoms with Crippen molar-refractivity contribution in [2.24, 2.45) is 0 Å². The summed E-state index contributed by atoms with van der Waals surface area (Å²) in [6.07, 6.45) is 5.24. The maximum atomic E-state index is 12.5. The quantitative estimate of drug-likeness (QED) is 0.571. The van der Waals surface area contributed by atoms with E-state index in [1.807, 2.05) is 24.3 Å². The second-order valence-corrected chi connectivity index (χ2v) is 7.31. The van der Waals surface area contributed by atoms with Crippen molar-refractivity contribution in [1.29, 1.82) is 0 Å². The standard InChI is InChI=1S/C21H22ClN5O3/c22-15-6-7-20(27-14-23-13-25-27)19(9-15)26-21(28)11-24-16-3-1-4-17(10-16)30-12-18-5-2-8-29-18/h1,3-4,6-7,9-10,13-14,18,24H,2,5,8,11-12H2,(H,26,28)/t18-/m0/s1. The van der Waals surface area contributed by atoms with Gasteiger partial charge in [-0.2, -0.15) is 5.10 Å². The molecular weight excluding hydrogens is 406 g/mol. The van der Waals surface area contributed by atoms with Gasteiger partial charge in [0, 0.05) is 23.4 Å². The van der Waals surface area contributed by atoms with E-state index in [1.54, 1.807) is 29.2 Å². The van der Waals surface area contributed by atoms with E-state index < -0.39 is 0 Å². The third-order valence-corrected chi connectivity index (χ3v) is 4.88. The summed E-state index contributed by atoms with van der Waals surface area (Å²) in [5.74, 6) is 0.517. The number of hydrogen-bond donors (Lipinski definition) is 2. The molecule has 1 aliphatic heterocycles. The number of halogens is 1. The van der Waals surface area contributed by atoms with Gasteiger partial charge in [0.1, 0.15) is 25.0 Å². The molecule has 0 aliphatic carbocycles. The summed E-state index contributed by atoms with van der Waals surface area (Å²) in [5.41, 5.74) is 2.01. The lowest BCUT2D eigenvalue weighted by Crippen LogP contribution is -2.22. The van der Waals surface area contributed by atoms with Crippen LogP contribution in [0.5, 0.6) is 5.75 Å². The first kappa shape index (κ1) is 20.2. The molecule has 0 unspecified atom stereocenters. The minimum Gasteiger partial charge on any atom is -0.491 e. The van der Waals surface area contributed by atoms with Gasteiger partial charge in [0.25, 0.3) is 0 Å². The highest BCUT2D eigenvalue weighted by Gasteiger charge is 2.16. The van der Waals surface area contributed by atoms with Crippen molar-refractivity contribution in [1.82, 2.24) is 14.8 Å². The zero-order valence-electron chi connectivity index (χ0n) is 16.3. The van der Waals surface area contributed by atoms with Gasteiger partial charge < -0.3 is 20.1 Å². The highest BCUT2D eigenvalue weighted by molar-refractivity contribution is 6.31. The molecule has 2 heterocycles. The van der Waals surface area contributed by atoms with Crippen molar-refractivity contribution in [3.8, 4) is 11.4 Å². The first-order valence-corrected chi connectivity index (χ1v) is 10.1. The first-order chi connectivity index (χ1) is 14.7. The van der Waals surface area contributed by atoms with Crippen LogP contribution in [0.15, 0.2) is 55.1 Å². The van der Waals surface area contributed by atoms with Crippen LogP contribution in [0.25, 0.3) is 5.69 Å². The molecule has 9 heteroatoms. The van der Waals surface area contributed by atoms with Crippen LogP contribution < -0.4 is 15.4 Å². The Kier molecular flexibility index (Phi) is 6.46. The summed E-state index contributed by atoms with van der Waals surface area (Å²) >= 11 is 6.09. The molecule has 0 spiro atoms. The molecule has 1 amide bonds. The molecule has 0 radical (unpaired) electrons. The van der Waals surface area contributed by atoms with Crippen molar-refractivity contribution < 1.29 is 14.3 Å². The van der Waals surface area contributed by atoms with Crippen molar-refractivity contribution >= 4 is 28.9 Å². The van der Waals surface area contributed by atoms with Crippen LogP contribution in [0.1, 0.15) is 12.8 Å². The summed E-state index contributed by atoms with van der Waals surface area (Å²) in [4.78, 5) is 16.4. The van der Waals surface area contributed by atoms with Crippen LogP contribution in [0, 0.1) is 0 Å². The van der Waals surface area contributed by atoms with Gasteiger partial charge in [-0.1, -0.05) is 17.7 Å². The Morgan fingerprint density at radius 3 is 3.03 bits per heavy atom. The van der Waals surface area contributed by atoms with Gasteiger partial charge in [-0.05, 0) is 43.2 Å². The van der Waals surface area contributed by atoms with Gasteiger partial charge in [-0.15, -0.1) is 0 Å². The van der Waals surface area contributed by atoms with E-state index >= 15 is 0 Å². The number of nitrogens with zero attached hydrogens (tertiary/aromatic N) is 3. The molecule has 1 atom stereocenters. The second kappa shape index (κ2) is 9.60. The van der Waals surface area contributed by atoms with Crippen LogP contribution >= 0.6 is 11.6 Å². The number of carbonyl (C=O) groups is 1. The minimum absolute atomic E-state index is 0.0818. The molecule has 1 aromatic heterocycles. The van der Waals surface area contributed by atoms with Crippen LogP contribution in [0.4, 0.5) is 11.4 Å². The summed E-state index contributed by atoms with van der Waals surface area (Å²) < 4.78 is 12.9. The Bertz CT molecular complexity index is 990. The SMILES string of the molecule is O=C(CNc1cccc(OC[C@@H]2CCCO2)c1)Nc1cc(Cl)ccc1-n1cncn1. The van der Waals surface area contributed by atoms with Crippen molar-refractivity contribution in [3.05, 3.63) is 60.1 Å². The molecule has 1 saturated heterocycles. The smallest absolute Gasteiger partial charge is 0.243 e. The minimum atomic E-state index is -0.218. The molecule has 156 valence electrons. The average molecular weight is 428 g/mol. The lowest BCUT2D eigenvalue weighted by atomic mass is 10.2. The predicted molar refractivity (Wildman–Crippen MR) is 114 cm³/mol. The van der Waals surface area contributed by atoms with E-state index in [4.69, 9.17) is 21.1 Å². The third kappa shape index (κ3) is 5.28. The van der Waals surface area contributed by atoms with Crippen LogP contribution in [0.3, 0.4) is 0 Å². The Labute approximate surface area is 179 Å². The Morgan fingerprint density at radius 1 is 1.30 bits per heavy atom. The number of ether oxygens (including phenoxy) is 2. The molecular formula is C21H22ClN5O3. The molecule has 4 rings (SSSR count). The zero-order valence-corrected chi connectivity index (χ0v) is 17.0. The van der Waals surface area contributed by atoms with Gasteiger partial charge in [0.05, 0.1) is 24.0 Å². The van der Waals surface area contributed by atoms with E-state index in [0.717, 1.165) is 30.9 Å². The van der Waals surface area contributed by atoms with Gasteiger partial charge >= 0.3 is 0 Å². The molecule has 0 saturated carbocycles. The molecule has 0 bridgehead atoms. The number of carbonyl (C=O) groups excluding carboxylic acids is 1. The Morgan fingerprint density at radius 2 is 2.23 bits per heavy atom. The molecule has 2 N–H and O–H groups in total. The molecule has 1 aliphatic rings. The Balaban J connectivity index is 1.34. The lowest BCUT2D eigenvalue weighted by molar-refractivity contribution is -0.114. The summed E-state index contributed by atoms with van der Waals surface area (Å²) in [6, 6.07) is 12.7. The van der Waals surface area contributed by atoms with E-state index in [2.05, 4.69) is 20.7 Å². The number of hydrogen-bond acceptors (Lipinski definition) is 6. The van der Waals surface area contributed by atoms with Gasteiger partial charge in [-0.3, -0.25) is 4.79 Å². The fourth-order valence-corrected chi connectivity index (χ4v) is 3.35. The first-order valence-electron chi connectivity index (χ1n) is 9.70. The predicted octanol–water partition coefficient (Wildman–Crippen LogP) is 3.53. The van der Waals surface area contributed by atoms with Gasteiger partial charge in [0.15, 0.2) is 0 Å². The van der Waals surface area contributed by atoms with Crippen LogP contribution in [-0.4, -0.2) is 46.5 Å². The van der Waals surface area contributed by atoms with E-state index in [1.165, 1.54) is 6.33 Å². The number of anilines is 2. The number of aromatic nitrogens is 3. The van der Waals surface area contributed by atoms with Crippen molar-refractivity contribution in [2.75, 3.05) is 30.4 Å². The zero-order chi connectivity index (χ0) is 20.8. The van der Waals surface area contributed by atoms with E-state index in [-0.39, 0.29) is 18.6 Å². The molecule has 8 nitrogen and oxygen atoms in total. The number of nitrogens with one attached hydrogen (secondary N) is 2. The van der Waals surface area contributed by atoms with Crippen molar-refractivity contribution in [3.63, 3.8) is 0 Å². The number of amides is 1. The summed E-state index contributed by atoms with van der Waals surface area (Å²) in [7, 11) is 0. The lowest BCUT2D eigenvalue weighted by Gasteiger charge is -2.14. The van der Waals surface area contributed by atoms with E-state index in [0.29, 0.717) is 23.0 Å². The van der Waals surface area contributed by atoms with Gasteiger partial charge in [0.2, 0.25) is 5.91 Å². The highest BCUT2D eigenvalue weighted by atomic mass is 35.5. The largest absolute Gasteiger partial charge is 0.491 e. The number of rotatable bonds is 8. The topological polar surface area (TPSA) is 90.3 Å². The maximum Gasteiger partial charge on any atom is 0.243 e. The average Bonchev–Trinajstić information content (AvgIpc) is 3.45. The Hall–Kier alpha value is -3.10. The van der Waals surface area contributed by atoms with E-state index in [9.17, 15) is 4.79 Å². The summed E-state index contributed by atoms with van der Waals surface area (Å²) in [6.45, 7) is 1.41. The monoisotopic (exact) mass is 427 g/mol. The van der Waals surface area contributed by atoms with Gasteiger partial charge in [-0.25, -0.2) is 9.67 Å². The molecule has 2 aromatic carbocycles. The van der Waals surface area contributed by atoms with Crippen LogP contribution in [0.2, 0.25) is 5.02 Å². The third-order valence-electron chi connectivity index (χ3n) is 4.65. The second-order valence-electron chi connectivity index (χ2n) is 6.88. The molecule has 30 heavy (non-hydrogen) atoms. The molecule has 1 fully saturated rings. The van der Waals surface area contributed by atoms with Crippen LogP contribution in [-0.2, 0) is 9.53 Å². The number of benzene rings is 2.